The van der Waals surface area contributed by atoms with Crippen molar-refractivity contribution in [3.63, 3.8) is 0 Å². The van der Waals surface area contributed by atoms with E-state index < -0.39 is 0 Å². The fraction of sp³-hybridized carbons (Fsp3) is 0.286. The van der Waals surface area contributed by atoms with E-state index in [1.807, 2.05) is 14.0 Å². The Bertz CT molecular complexity index is 319. The summed E-state index contributed by atoms with van der Waals surface area (Å²) in [6.07, 6.45) is 4.51. The highest BCUT2D eigenvalue weighted by Crippen LogP contribution is 2.11. The van der Waals surface area contributed by atoms with Gasteiger partial charge in [-0.05, 0) is 6.92 Å². The van der Waals surface area contributed by atoms with Crippen molar-refractivity contribution >= 4 is 0 Å². The maximum absolute atomic E-state index is 4.19. The molecule has 0 aromatic carbocycles. The van der Waals surface area contributed by atoms with Crippen LogP contribution in [0.3, 0.4) is 0 Å². The fourth-order valence-corrected chi connectivity index (χ4v) is 0.889. The Morgan fingerprint density at radius 2 is 2.27 bits per heavy atom. The summed E-state index contributed by atoms with van der Waals surface area (Å²) in [4.78, 5) is 12.1. The van der Waals surface area contributed by atoms with Crippen LogP contribution in [0.15, 0.2) is 6.33 Å². The summed E-state index contributed by atoms with van der Waals surface area (Å²) in [5.74, 6) is 1.55. The molecule has 0 fully saturated rings. The number of nitrogens with zero attached hydrogens (tertiary/aromatic N) is 4. The zero-order valence-corrected chi connectivity index (χ0v) is 6.37. The number of aryl methyl sites for hydroxylation is 2. The van der Waals surface area contributed by atoms with E-state index >= 15 is 0 Å². The van der Waals surface area contributed by atoms with Crippen molar-refractivity contribution in [2.24, 2.45) is 7.05 Å². The van der Waals surface area contributed by atoms with Gasteiger partial charge in [0, 0.05) is 7.05 Å². The van der Waals surface area contributed by atoms with Crippen molar-refractivity contribution in [3.8, 4) is 11.5 Å². The van der Waals surface area contributed by atoms with Gasteiger partial charge in [0.2, 0.25) is 0 Å². The van der Waals surface area contributed by atoms with Gasteiger partial charge in [0.05, 0.1) is 6.20 Å². The average molecular weight is 147 g/mol. The van der Waals surface area contributed by atoms with Gasteiger partial charge < -0.3 is 4.57 Å². The minimum atomic E-state index is 0.667. The first-order chi connectivity index (χ1) is 5.27. The van der Waals surface area contributed by atoms with Gasteiger partial charge in [-0.3, -0.25) is 0 Å². The number of fused-ring (bicyclic) bond motifs is 1. The predicted molar refractivity (Wildman–Crippen MR) is 39.0 cm³/mol. The quantitative estimate of drug-likeness (QED) is 0.542. The smallest absolute Gasteiger partial charge is 0.183 e. The van der Waals surface area contributed by atoms with Crippen LogP contribution in [0.2, 0.25) is 0 Å². The molecule has 0 aromatic rings. The molecular weight excluding hydrogens is 140 g/mol. The van der Waals surface area contributed by atoms with Crippen LogP contribution in [0.25, 0.3) is 11.5 Å². The summed E-state index contributed by atoms with van der Waals surface area (Å²) in [7, 11) is 1.89. The third kappa shape index (κ3) is 0.869. The molecule has 0 bridgehead atoms. The third-order valence-electron chi connectivity index (χ3n) is 1.61. The topological polar surface area (TPSA) is 43.6 Å². The van der Waals surface area contributed by atoms with Crippen LogP contribution < -0.4 is 0 Å². The molecule has 2 heterocycles. The first-order valence-corrected chi connectivity index (χ1v) is 3.31. The molecule has 11 heavy (non-hydrogen) atoms. The molecule has 2 rings (SSSR count). The van der Waals surface area contributed by atoms with E-state index in [-0.39, 0.29) is 0 Å². The van der Waals surface area contributed by atoms with Gasteiger partial charge in [0.15, 0.2) is 5.82 Å². The number of rotatable bonds is 0. The van der Waals surface area contributed by atoms with E-state index in [4.69, 9.17) is 0 Å². The van der Waals surface area contributed by atoms with Crippen LogP contribution in [-0.4, -0.2) is 19.5 Å². The molecule has 0 atom stereocenters. The SMILES string of the molecule is Cc1nc2ncnc-2[c]n1C. The van der Waals surface area contributed by atoms with Crippen LogP contribution in [-0.2, 0) is 7.05 Å². The molecule has 0 amide bonds. The van der Waals surface area contributed by atoms with Crippen molar-refractivity contribution < 1.29 is 0 Å². The second kappa shape index (κ2) is 2.02. The van der Waals surface area contributed by atoms with E-state index in [1.54, 1.807) is 4.57 Å². The van der Waals surface area contributed by atoms with E-state index in [1.165, 1.54) is 6.33 Å². The molecule has 0 saturated carbocycles. The Morgan fingerprint density at radius 3 is 3.09 bits per heavy atom. The fourth-order valence-electron chi connectivity index (χ4n) is 0.889. The normalized spacial score (nSPS) is 10.7. The van der Waals surface area contributed by atoms with Crippen molar-refractivity contribution in [3.05, 3.63) is 18.3 Å². The van der Waals surface area contributed by atoms with Crippen molar-refractivity contribution in [2.75, 3.05) is 0 Å². The van der Waals surface area contributed by atoms with Crippen molar-refractivity contribution in [1.29, 1.82) is 0 Å². The van der Waals surface area contributed by atoms with Crippen LogP contribution >= 0.6 is 0 Å². The molecule has 55 valence electrons. The lowest BCUT2D eigenvalue weighted by Gasteiger charge is -2.02. The Balaban J connectivity index is 2.77. The minimum Gasteiger partial charge on any atom is -0.329 e. The van der Waals surface area contributed by atoms with Gasteiger partial charge in [-0.25, -0.2) is 15.0 Å². The van der Waals surface area contributed by atoms with Crippen LogP contribution in [0.4, 0.5) is 0 Å². The monoisotopic (exact) mass is 147 g/mol. The van der Waals surface area contributed by atoms with E-state index in [0.29, 0.717) is 5.82 Å². The summed E-state index contributed by atoms with van der Waals surface area (Å²) < 4.78 is 1.80. The van der Waals surface area contributed by atoms with Crippen LogP contribution in [0, 0.1) is 13.1 Å². The summed E-state index contributed by atoms with van der Waals surface area (Å²) in [6, 6.07) is 0. The van der Waals surface area contributed by atoms with Gasteiger partial charge in [-0.2, -0.15) is 0 Å². The Labute approximate surface area is 64.3 Å². The zero-order chi connectivity index (χ0) is 7.84. The van der Waals surface area contributed by atoms with Gasteiger partial charge in [-0.15, -0.1) is 0 Å². The molecule has 4 nitrogen and oxygen atoms in total. The highest BCUT2D eigenvalue weighted by molar-refractivity contribution is 5.47. The highest BCUT2D eigenvalue weighted by atomic mass is 15.1. The number of aromatic nitrogens is 4. The minimum absolute atomic E-state index is 0.667. The Morgan fingerprint density at radius 1 is 1.45 bits per heavy atom. The molecule has 0 aromatic heterocycles. The summed E-state index contributed by atoms with van der Waals surface area (Å²) in [5, 5.41) is 0. The van der Waals surface area contributed by atoms with Gasteiger partial charge >= 0.3 is 0 Å². The summed E-state index contributed by atoms with van der Waals surface area (Å²) in [5.41, 5.74) is 0.720. The Hall–Kier alpha value is -1.45. The molecule has 2 aliphatic heterocycles. The first-order valence-electron chi connectivity index (χ1n) is 3.31. The second-order valence-corrected chi connectivity index (χ2v) is 2.38. The lowest BCUT2D eigenvalue weighted by atomic mass is 10.4. The number of imidazole rings is 1. The van der Waals surface area contributed by atoms with E-state index in [9.17, 15) is 0 Å². The molecule has 1 radical (unpaired) electrons. The molecule has 4 heteroatoms. The molecule has 0 saturated heterocycles. The van der Waals surface area contributed by atoms with Gasteiger partial charge in [0.1, 0.15) is 17.8 Å². The summed E-state index contributed by atoms with van der Waals surface area (Å²) in [6.45, 7) is 1.91. The lowest BCUT2D eigenvalue weighted by Crippen LogP contribution is -2.02. The number of hydrogen-bond donors (Lipinski definition) is 0. The molecule has 0 unspecified atom stereocenters. The predicted octanol–water partition coefficient (Wildman–Crippen LogP) is 0.424. The largest absolute Gasteiger partial charge is 0.329 e. The van der Waals surface area contributed by atoms with Crippen molar-refractivity contribution in [2.45, 2.75) is 6.92 Å². The molecular formula is C7H7N4. The molecule has 2 aliphatic rings. The number of hydrogen-bond acceptors (Lipinski definition) is 3. The van der Waals surface area contributed by atoms with Crippen LogP contribution in [0.5, 0.6) is 0 Å². The van der Waals surface area contributed by atoms with Crippen LogP contribution in [0.1, 0.15) is 5.82 Å². The molecule has 0 aliphatic carbocycles. The molecule has 0 N–H and O–H groups in total. The Kier molecular flexibility index (Phi) is 1.15. The second-order valence-electron chi connectivity index (χ2n) is 2.38. The highest BCUT2D eigenvalue weighted by Gasteiger charge is 2.07. The average Bonchev–Trinajstić information content (AvgIpc) is 2.36. The summed E-state index contributed by atoms with van der Waals surface area (Å²) >= 11 is 0. The maximum atomic E-state index is 4.19. The van der Waals surface area contributed by atoms with Crippen molar-refractivity contribution in [1.82, 2.24) is 19.5 Å². The standard InChI is InChI=1S/C7H7N4/c1-5-10-7-6(3-11(5)2)8-4-9-7/h4H,1-2H3. The van der Waals surface area contributed by atoms with Gasteiger partial charge in [0.25, 0.3) is 0 Å². The molecule has 0 spiro atoms. The first kappa shape index (κ1) is 6.27. The van der Waals surface area contributed by atoms with Gasteiger partial charge in [-0.1, -0.05) is 0 Å². The lowest BCUT2D eigenvalue weighted by molar-refractivity contribution is 0.797. The maximum Gasteiger partial charge on any atom is 0.183 e. The third-order valence-corrected chi connectivity index (χ3v) is 1.61. The zero-order valence-electron chi connectivity index (χ0n) is 6.37. The van der Waals surface area contributed by atoms with E-state index in [2.05, 4.69) is 21.1 Å². The van der Waals surface area contributed by atoms with E-state index in [0.717, 1.165) is 11.5 Å².